The monoisotopic (exact) mass is 214 g/mol. The number of aromatic hydroxyl groups is 1. The molecule has 80 valence electrons. The van der Waals surface area contributed by atoms with Gasteiger partial charge in [0.15, 0.2) is 0 Å². The lowest BCUT2D eigenvalue weighted by Gasteiger charge is -2.06. The molecule has 0 aliphatic heterocycles. The Hall–Kier alpha value is -2.23. The van der Waals surface area contributed by atoms with Gasteiger partial charge >= 0.3 is 0 Å². The van der Waals surface area contributed by atoms with Gasteiger partial charge in [-0.25, -0.2) is 0 Å². The first-order valence-electron chi connectivity index (χ1n) is 5.00. The number of H-pyrrole nitrogens is 1. The number of nitrogens with zero attached hydrogens (tertiary/aromatic N) is 1. The van der Waals surface area contributed by atoms with Crippen LogP contribution in [0.2, 0.25) is 0 Å². The number of benzene rings is 1. The maximum absolute atomic E-state index is 11.7. The number of aromatic nitrogens is 2. The van der Waals surface area contributed by atoms with Gasteiger partial charge in [-0.05, 0) is 30.7 Å². The SMILES string of the molecule is Cc1ccc2c([nH]c(=O)c3cccn32)c1O. The summed E-state index contributed by atoms with van der Waals surface area (Å²) in [6.45, 7) is 1.80. The van der Waals surface area contributed by atoms with E-state index in [2.05, 4.69) is 4.98 Å². The summed E-state index contributed by atoms with van der Waals surface area (Å²) < 4.78 is 1.77. The standard InChI is InChI=1S/C12H10N2O2/c1-7-4-5-8-10(11(7)15)13-12(16)9-3-2-6-14(8)9/h2-6,15H,1H3,(H,13,16). The van der Waals surface area contributed by atoms with E-state index in [1.54, 1.807) is 23.5 Å². The van der Waals surface area contributed by atoms with E-state index in [9.17, 15) is 9.90 Å². The zero-order valence-corrected chi connectivity index (χ0v) is 8.69. The molecule has 2 aromatic heterocycles. The Morgan fingerprint density at radius 2 is 2.06 bits per heavy atom. The topological polar surface area (TPSA) is 57.5 Å². The summed E-state index contributed by atoms with van der Waals surface area (Å²) in [5.74, 6) is 0.130. The Balaban J connectivity index is 2.68. The average Bonchev–Trinajstić information content (AvgIpc) is 2.74. The molecule has 0 aliphatic carbocycles. The Labute approximate surface area is 90.8 Å². The lowest BCUT2D eigenvalue weighted by Crippen LogP contribution is -2.09. The minimum atomic E-state index is -0.196. The Bertz CT molecular complexity index is 753. The molecule has 4 heteroatoms. The molecular formula is C12H10N2O2. The third-order valence-corrected chi connectivity index (χ3v) is 2.84. The van der Waals surface area contributed by atoms with E-state index in [0.29, 0.717) is 11.0 Å². The predicted octanol–water partition coefficient (Wildman–Crippen LogP) is 1.79. The van der Waals surface area contributed by atoms with Crippen LogP contribution in [0, 0.1) is 6.92 Å². The van der Waals surface area contributed by atoms with Crippen LogP contribution in [0.3, 0.4) is 0 Å². The van der Waals surface area contributed by atoms with Crippen LogP contribution >= 0.6 is 0 Å². The molecule has 4 nitrogen and oxygen atoms in total. The second kappa shape index (κ2) is 2.88. The largest absolute Gasteiger partial charge is 0.505 e. The van der Waals surface area contributed by atoms with Crippen LogP contribution in [0.25, 0.3) is 16.6 Å². The van der Waals surface area contributed by atoms with Crippen LogP contribution < -0.4 is 5.56 Å². The minimum Gasteiger partial charge on any atom is -0.505 e. The van der Waals surface area contributed by atoms with E-state index in [0.717, 1.165) is 11.1 Å². The van der Waals surface area contributed by atoms with Crippen LogP contribution in [0.15, 0.2) is 35.3 Å². The van der Waals surface area contributed by atoms with Crippen molar-refractivity contribution in [2.24, 2.45) is 0 Å². The molecule has 2 N–H and O–H groups in total. The fourth-order valence-corrected chi connectivity index (χ4v) is 1.96. The maximum atomic E-state index is 11.7. The van der Waals surface area contributed by atoms with Gasteiger partial charge in [0, 0.05) is 6.20 Å². The van der Waals surface area contributed by atoms with E-state index in [1.165, 1.54) is 0 Å². The summed E-state index contributed by atoms with van der Waals surface area (Å²) in [6, 6.07) is 7.26. The number of hydrogen-bond donors (Lipinski definition) is 2. The van der Waals surface area contributed by atoms with E-state index in [1.807, 2.05) is 18.3 Å². The first kappa shape index (κ1) is 9.03. The van der Waals surface area contributed by atoms with Crippen LogP contribution in [0.5, 0.6) is 5.75 Å². The molecule has 0 radical (unpaired) electrons. The van der Waals surface area contributed by atoms with E-state index in [4.69, 9.17) is 0 Å². The second-order valence-corrected chi connectivity index (χ2v) is 3.84. The molecule has 0 unspecified atom stereocenters. The van der Waals surface area contributed by atoms with Gasteiger partial charge in [-0.3, -0.25) is 4.79 Å². The molecule has 16 heavy (non-hydrogen) atoms. The zero-order chi connectivity index (χ0) is 11.3. The smallest absolute Gasteiger partial charge is 0.272 e. The van der Waals surface area contributed by atoms with Crippen LogP contribution in [-0.4, -0.2) is 14.5 Å². The average molecular weight is 214 g/mol. The first-order valence-corrected chi connectivity index (χ1v) is 5.00. The lowest BCUT2D eigenvalue weighted by atomic mass is 10.2. The predicted molar refractivity (Wildman–Crippen MR) is 61.9 cm³/mol. The lowest BCUT2D eigenvalue weighted by molar-refractivity contribution is 0.476. The quantitative estimate of drug-likeness (QED) is 0.599. The van der Waals surface area contributed by atoms with Gasteiger partial charge in [0.1, 0.15) is 16.8 Å². The van der Waals surface area contributed by atoms with Crippen molar-refractivity contribution in [3.8, 4) is 5.75 Å². The third kappa shape index (κ3) is 1.01. The van der Waals surface area contributed by atoms with Crippen LogP contribution in [-0.2, 0) is 0 Å². The number of aryl methyl sites for hydroxylation is 1. The molecule has 3 aromatic rings. The summed E-state index contributed by atoms with van der Waals surface area (Å²) in [5, 5.41) is 9.90. The fourth-order valence-electron chi connectivity index (χ4n) is 1.96. The number of phenolic OH excluding ortho intramolecular Hbond substituents is 1. The van der Waals surface area contributed by atoms with Crippen molar-refractivity contribution in [2.45, 2.75) is 6.92 Å². The fraction of sp³-hybridized carbons (Fsp3) is 0.0833. The molecule has 3 rings (SSSR count). The van der Waals surface area contributed by atoms with E-state index in [-0.39, 0.29) is 11.3 Å². The minimum absolute atomic E-state index is 0.130. The normalized spacial score (nSPS) is 11.3. The zero-order valence-electron chi connectivity index (χ0n) is 8.69. The summed E-state index contributed by atoms with van der Waals surface area (Å²) in [5.41, 5.74) is 2.40. The second-order valence-electron chi connectivity index (χ2n) is 3.84. The van der Waals surface area contributed by atoms with Crippen molar-refractivity contribution in [1.29, 1.82) is 0 Å². The van der Waals surface area contributed by atoms with Crippen molar-refractivity contribution >= 4 is 16.6 Å². The molecule has 0 amide bonds. The summed E-state index contributed by atoms with van der Waals surface area (Å²) in [7, 11) is 0. The van der Waals surface area contributed by atoms with Crippen LogP contribution in [0.4, 0.5) is 0 Å². The molecule has 2 heterocycles. The molecule has 1 aromatic carbocycles. The van der Waals surface area contributed by atoms with E-state index < -0.39 is 0 Å². The summed E-state index contributed by atoms with van der Waals surface area (Å²) in [6.07, 6.45) is 1.81. The van der Waals surface area contributed by atoms with Gasteiger partial charge in [0.2, 0.25) is 0 Å². The van der Waals surface area contributed by atoms with Crippen molar-refractivity contribution in [1.82, 2.24) is 9.38 Å². The Morgan fingerprint density at radius 1 is 1.25 bits per heavy atom. The van der Waals surface area contributed by atoms with E-state index >= 15 is 0 Å². The molecular weight excluding hydrogens is 204 g/mol. The first-order chi connectivity index (χ1) is 7.68. The number of aromatic amines is 1. The number of nitrogens with one attached hydrogen (secondary N) is 1. The Kier molecular flexibility index (Phi) is 1.63. The van der Waals surface area contributed by atoms with Crippen molar-refractivity contribution < 1.29 is 5.11 Å². The highest BCUT2D eigenvalue weighted by molar-refractivity contribution is 5.84. The number of hydrogen-bond acceptors (Lipinski definition) is 2. The van der Waals surface area contributed by atoms with Gasteiger partial charge in [-0.15, -0.1) is 0 Å². The molecule has 0 saturated heterocycles. The highest BCUT2D eigenvalue weighted by Gasteiger charge is 2.08. The molecule has 0 aliphatic rings. The molecule has 0 saturated carbocycles. The van der Waals surface area contributed by atoms with Gasteiger partial charge in [-0.1, -0.05) is 6.07 Å². The molecule has 0 fully saturated rings. The molecule has 0 atom stereocenters. The van der Waals surface area contributed by atoms with Crippen molar-refractivity contribution in [3.05, 3.63) is 46.4 Å². The highest BCUT2D eigenvalue weighted by Crippen LogP contribution is 2.25. The Morgan fingerprint density at radius 3 is 2.88 bits per heavy atom. The summed E-state index contributed by atoms with van der Waals surface area (Å²) in [4.78, 5) is 14.4. The third-order valence-electron chi connectivity index (χ3n) is 2.84. The number of fused-ring (bicyclic) bond motifs is 3. The van der Waals surface area contributed by atoms with Crippen molar-refractivity contribution in [3.63, 3.8) is 0 Å². The van der Waals surface area contributed by atoms with Gasteiger partial charge in [-0.2, -0.15) is 0 Å². The number of phenols is 1. The number of rotatable bonds is 0. The maximum Gasteiger partial charge on any atom is 0.272 e. The van der Waals surface area contributed by atoms with Crippen LogP contribution in [0.1, 0.15) is 5.56 Å². The van der Waals surface area contributed by atoms with Crippen molar-refractivity contribution in [2.75, 3.05) is 0 Å². The van der Waals surface area contributed by atoms with Gasteiger partial charge in [0.25, 0.3) is 5.56 Å². The highest BCUT2D eigenvalue weighted by atomic mass is 16.3. The molecule has 0 bridgehead atoms. The summed E-state index contributed by atoms with van der Waals surface area (Å²) >= 11 is 0. The molecule has 0 spiro atoms. The van der Waals surface area contributed by atoms with Gasteiger partial charge in [0.05, 0.1) is 5.52 Å². The van der Waals surface area contributed by atoms with Gasteiger partial charge < -0.3 is 14.5 Å².